The van der Waals surface area contributed by atoms with Gasteiger partial charge in [0.1, 0.15) is 17.2 Å². The molecule has 5 nitrogen and oxygen atoms in total. The van der Waals surface area contributed by atoms with Crippen molar-refractivity contribution in [3.63, 3.8) is 0 Å². The van der Waals surface area contributed by atoms with Crippen LogP contribution in [0.15, 0.2) is 63.9 Å². The number of benzene rings is 2. The number of ether oxygens (including phenoxy) is 1. The Kier molecular flexibility index (Phi) is 3.22. The molecule has 3 heterocycles. The van der Waals surface area contributed by atoms with E-state index in [4.69, 9.17) is 9.15 Å². The molecular formula is C21H16N2O3. The van der Waals surface area contributed by atoms with Crippen LogP contribution in [-0.2, 0) is 6.54 Å². The van der Waals surface area contributed by atoms with Crippen LogP contribution in [0.5, 0.6) is 5.75 Å². The molecule has 128 valence electrons. The van der Waals surface area contributed by atoms with Crippen LogP contribution in [0.25, 0.3) is 21.7 Å². The van der Waals surface area contributed by atoms with Crippen LogP contribution in [0, 0.1) is 6.92 Å². The zero-order chi connectivity index (χ0) is 17.7. The van der Waals surface area contributed by atoms with Crippen molar-refractivity contribution in [2.24, 2.45) is 0 Å². The Morgan fingerprint density at radius 1 is 1.04 bits per heavy atom. The summed E-state index contributed by atoms with van der Waals surface area (Å²) >= 11 is 0. The summed E-state index contributed by atoms with van der Waals surface area (Å²) in [7, 11) is 0. The maximum Gasteiger partial charge on any atom is 0.344 e. The number of anilines is 1. The van der Waals surface area contributed by atoms with E-state index in [1.54, 1.807) is 12.3 Å². The molecule has 1 aliphatic rings. The molecule has 0 spiro atoms. The fraction of sp³-hybridized carbons (Fsp3) is 0.143. The lowest BCUT2D eigenvalue weighted by Crippen LogP contribution is -2.32. The zero-order valence-corrected chi connectivity index (χ0v) is 14.2. The molecule has 0 amide bonds. The molecule has 0 radical (unpaired) electrons. The third-order valence-electron chi connectivity index (χ3n) is 4.87. The van der Waals surface area contributed by atoms with E-state index in [0.717, 1.165) is 33.5 Å². The molecule has 0 N–H and O–H groups in total. The van der Waals surface area contributed by atoms with Crippen molar-refractivity contribution in [3.05, 3.63) is 76.3 Å². The van der Waals surface area contributed by atoms with E-state index in [0.29, 0.717) is 24.2 Å². The van der Waals surface area contributed by atoms with Gasteiger partial charge in [0.25, 0.3) is 0 Å². The minimum Gasteiger partial charge on any atom is -0.472 e. The molecule has 26 heavy (non-hydrogen) atoms. The van der Waals surface area contributed by atoms with Gasteiger partial charge in [-0.25, -0.2) is 9.78 Å². The highest BCUT2D eigenvalue weighted by Crippen LogP contribution is 2.37. The predicted octanol–water partition coefficient (Wildman–Crippen LogP) is 4.01. The van der Waals surface area contributed by atoms with E-state index in [1.807, 2.05) is 43.3 Å². The van der Waals surface area contributed by atoms with Crippen LogP contribution < -0.4 is 15.3 Å². The van der Waals surface area contributed by atoms with E-state index in [-0.39, 0.29) is 5.63 Å². The summed E-state index contributed by atoms with van der Waals surface area (Å²) in [6.45, 7) is 3.04. The molecule has 5 heteroatoms. The van der Waals surface area contributed by atoms with Gasteiger partial charge in [-0.1, -0.05) is 24.3 Å². The van der Waals surface area contributed by atoms with Crippen molar-refractivity contribution >= 4 is 27.6 Å². The summed E-state index contributed by atoms with van der Waals surface area (Å²) in [6.07, 6.45) is 1.78. The smallest absolute Gasteiger partial charge is 0.344 e. The van der Waals surface area contributed by atoms with Crippen molar-refractivity contribution in [2.45, 2.75) is 13.5 Å². The van der Waals surface area contributed by atoms with E-state index >= 15 is 0 Å². The Labute approximate surface area is 149 Å². The highest BCUT2D eigenvalue weighted by molar-refractivity contribution is 6.06. The standard InChI is InChI=1S/C21H16N2O3/c1-13-19-14(11-23(12-25-19)18-8-4-5-9-22-18)10-17-15-6-2-3-7-16(15)21(24)26-20(13)17/h2-10H,11-12H2,1H3. The number of hydrogen-bond acceptors (Lipinski definition) is 5. The molecule has 1 aliphatic heterocycles. The highest BCUT2D eigenvalue weighted by atomic mass is 16.5. The minimum absolute atomic E-state index is 0.318. The number of rotatable bonds is 1. The molecule has 0 saturated heterocycles. The second kappa shape index (κ2) is 5.59. The first-order chi connectivity index (χ1) is 12.7. The second-order valence-corrected chi connectivity index (χ2v) is 6.46. The fourth-order valence-electron chi connectivity index (χ4n) is 3.63. The number of nitrogens with zero attached hydrogens (tertiary/aromatic N) is 2. The van der Waals surface area contributed by atoms with Gasteiger partial charge in [-0.2, -0.15) is 0 Å². The maximum atomic E-state index is 12.3. The maximum absolute atomic E-state index is 12.3. The molecule has 2 aromatic carbocycles. The SMILES string of the molecule is Cc1c2c(cc3c1oc(=O)c1ccccc13)CN(c1ccccn1)CO2. The molecule has 4 aromatic rings. The quantitative estimate of drug-likeness (QED) is 0.386. The van der Waals surface area contributed by atoms with E-state index < -0.39 is 0 Å². The molecule has 0 unspecified atom stereocenters. The molecule has 0 fully saturated rings. The lowest BCUT2D eigenvalue weighted by atomic mass is 10.00. The summed E-state index contributed by atoms with van der Waals surface area (Å²) in [6, 6.07) is 15.4. The molecule has 0 bridgehead atoms. The first-order valence-electron chi connectivity index (χ1n) is 8.49. The molecule has 0 saturated carbocycles. The Bertz CT molecular complexity index is 1200. The van der Waals surface area contributed by atoms with Gasteiger partial charge in [-0.15, -0.1) is 0 Å². The van der Waals surface area contributed by atoms with Gasteiger partial charge in [0.05, 0.1) is 11.9 Å². The predicted molar refractivity (Wildman–Crippen MR) is 101 cm³/mol. The van der Waals surface area contributed by atoms with E-state index in [1.165, 1.54) is 0 Å². The largest absolute Gasteiger partial charge is 0.472 e. The number of fused-ring (bicyclic) bond motifs is 4. The minimum atomic E-state index is -0.318. The van der Waals surface area contributed by atoms with Gasteiger partial charge in [-0.05, 0) is 36.6 Å². The highest BCUT2D eigenvalue weighted by Gasteiger charge is 2.23. The van der Waals surface area contributed by atoms with Crippen molar-refractivity contribution in [1.82, 2.24) is 4.98 Å². The molecular weight excluding hydrogens is 328 g/mol. The Hall–Kier alpha value is -3.34. The summed E-state index contributed by atoms with van der Waals surface area (Å²) in [4.78, 5) is 18.8. The Balaban J connectivity index is 1.73. The first kappa shape index (κ1) is 15.0. The summed E-state index contributed by atoms with van der Waals surface area (Å²) in [5, 5.41) is 2.43. The average Bonchev–Trinajstić information content (AvgIpc) is 2.70. The lowest BCUT2D eigenvalue weighted by Gasteiger charge is -2.31. The normalized spacial score (nSPS) is 13.7. The molecule has 0 atom stereocenters. The lowest BCUT2D eigenvalue weighted by molar-refractivity contribution is 0.286. The van der Waals surface area contributed by atoms with Gasteiger partial charge >= 0.3 is 5.63 Å². The van der Waals surface area contributed by atoms with Gasteiger partial charge in [0, 0.05) is 22.7 Å². The molecule has 5 rings (SSSR count). The van der Waals surface area contributed by atoms with Crippen molar-refractivity contribution < 1.29 is 9.15 Å². The van der Waals surface area contributed by atoms with Crippen LogP contribution in [-0.4, -0.2) is 11.7 Å². The molecule has 0 aliphatic carbocycles. The number of aryl methyl sites for hydroxylation is 1. The average molecular weight is 344 g/mol. The van der Waals surface area contributed by atoms with E-state index in [9.17, 15) is 4.79 Å². The Morgan fingerprint density at radius 3 is 2.65 bits per heavy atom. The van der Waals surface area contributed by atoms with Gasteiger partial charge in [-0.3, -0.25) is 0 Å². The first-order valence-corrected chi connectivity index (χ1v) is 8.49. The fourth-order valence-corrected chi connectivity index (χ4v) is 3.63. The van der Waals surface area contributed by atoms with Gasteiger partial charge in [0.15, 0.2) is 6.73 Å². The summed E-state index contributed by atoms with van der Waals surface area (Å²) in [5.74, 6) is 1.67. The van der Waals surface area contributed by atoms with Gasteiger partial charge < -0.3 is 14.1 Å². The summed E-state index contributed by atoms with van der Waals surface area (Å²) < 4.78 is 11.6. The number of hydrogen-bond donors (Lipinski definition) is 0. The number of aromatic nitrogens is 1. The summed E-state index contributed by atoms with van der Waals surface area (Å²) in [5.41, 5.74) is 2.20. The van der Waals surface area contributed by atoms with Crippen LogP contribution in [0.1, 0.15) is 11.1 Å². The Morgan fingerprint density at radius 2 is 1.85 bits per heavy atom. The van der Waals surface area contributed by atoms with Gasteiger partial charge in [0.2, 0.25) is 0 Å². The topological polar surface area (TPSA) is 55.6 Å². The van der Waals surface area contributed by atoms with Crippen molar-refractivity contribution in [2.75, 3.05) is 11.6 Å². The zero-order valence-electron chi connectivity index (χ0n) is 14.2. The van der Waals surface area contributed by atoms with Crippen LogP contribution >= 0.6 is 0 Å². The van der Waals surface area contributed by atoms with Crippen LogP contribution in [0.3, 0.4) is 0 Å². The number of pyridine rings is 1. The monoisotopic (exact) mass is 344 g/mol. The van der Waals surface area contributed by atoms with Crippen LogP contribution in [0.4, 0.5) is 5.82 Å². The third kappa shape index (κ3) is 2.17. The van der Waals surface area contributed by atoms with Crippen molar-refractivity contribution in [1.29, 1.82) is 0 Å². The third-order valence-corrected chi connectivity index (χ3v) is 4.87. The van der Waals surface area contributed by atoms with Crippen LogP contribution in [0.2, 0.25) is 0 Å². The van der Waals surface area contributed by atoms with Crippen molar-refractivity contribution in [3.8, 4) is 5.75 Å². The second-order valence-electron chi connectivity index (χ2n) is 6.46. The molecule has 2 aromatic heterocycles. The van der Waals surface area contributed by atoms with E-state index in [2.05, 4.69) is 16.0 Å².